The third kappa shape index (κ3) is 2.63. The Balaban J connectivity index is 2.17. The van der Waals surface area contributed by atoms with Crippen molar-refractivity contribution in [2.45, 2.75) is 13.5 Å². The van der Waals surface area contributed by atoms with Gasteiger partial charge in [0.15, 0.2) is 5.76 Å². The number of carbonyl (C=O) groups is 1. The van der Waals surface area contributed by atoms with Crippen LogP contribution in [0.1, 0.15) is 21.7 Å². The molecule has 0 fully saturated rings. The van der Waals surface area contributed by atoms with E-state index in [2.05, 4.69) is 10.5 Å². The summed E-state index contributed by atoms with van der Waals surface area (Å²) in [7, 11) is 0. The Kier molecular flexibility index (Phi) is 3.09. The van der Waals surface area contributed by atoms with Crippen LogP contribution < -0.4 is 5.32 Å². The van der Waals surface area contributed by atoms with Gasteiger partial charge >= 0.3 is 5.97 Å². The lowest BCUT2D eigenvalue weighted by Gasteiger charge is -2.08. The highest BCUT2D eigenvalue weighted by atomic mass is 16.5. The molecule has 0 saturated carbocycles. The van der Waals surface area contributed by atoms with Crippen molar-refractivity contribution in [3.05, 3.63) is 47.3 Å². The van der Waals surface area contributed by atoms with Gasteiger partial charge in [-0.25, -0.2) is 4.79 Å². The van der Waals surface area contributed by atoms with Crippen LogP contribution in [0.4, 0.5) is 5.69 Å². The van der Waals surface area contributed by atoms with Crippen molar-refractivity contribution in [3.8, 4) is 0 Å². The Morgan fingerprint density at radius 3 is 2.94 bits per heavy atom. The molecule has 1 aromatic carbocycles. The quantitative estimate of drug-likeness (QED) is 0.845. The lowest BCUT2D eigenvalue weighted by atomic mass is 10.1. The molecule has 0 radical (unpaired) electrons. The van der Waals surface area contributed by atoms with E-state index in [1.807, 2.05) is 13.0 Å². The molecule has 5 heteroatoms. The molecule has 0 unspecified atom stereocenters. The molecule has 2 N–H and O–H groups in total. The van der Waals surface area contributed by atoms with Crippen LogP contribution in [-0.4, -0.2) is 16.2 Å². The number of hydrogen-bond donors (Lipinski definition) is 2. The van der Waals surface area contributed by atoms with Crippen molar-refractivity contribution < 1.29 is 14.4 Å². The molecule has 0 amide bonds. The van der Waals surface area contributed by atoms with Crippen LogP contribution in [-0.2, 0) is 6.54 Å². The van der Waals surface area contributed by atoms with Crippen molar-refractivity contribution in [1.82, 2.24) is 5.16 Å². The van der Waals surface area contributed by atoms with E-state index in [1.54, 1.807) is 24.4 Å². The number of nitrogens with zero attached hydrogens (tertiary/aromatic N) is 1. The number of anilines is 1. The Hall–Kier alpha value is -2.30. The van der Waals surface area contributed by atoms with E-state index in [9.17, 15) is 4.79 Å². The Bertz CT molecular complexity index is 521. The zero-order valence-electron chi connectivity index (χ0n) is 9.30. The van der Waals surface area contributed by atoms with Gasteiger partial charge in [0.25, 0.3) is 0 Å². The first-order chi connectivity index (χ1) is 8.16. The lowest BCUT2D eigenvalue weighted by Crippen LogP contribution is -2.06. The molecule has 1 heterocycles. The van der Waals surface area contributed by atoms with E-state index in [0.717, 1.165) is 5.56 Å². The van der Waals surface area contributed by atoms with E-state index in [-0.39, 0.29) is 5.56 Å². The molecule has 0 aliphatic carbocycles. The van der Waals surface area contributed by atoms with Gasteiger partial charge in [-0.05, 0) is 19.1 Å². The zero-order valence-corrected chi connectivity index (χ0v) is 9.30. The molecule has 0 aliphatic heterocycles. The van der Waals surface area contributed by atoms with E-state index in [0.29, 0.717) is 18.0 Å². The van der Waals surface area contributed by atoms with E-state index < -0.39 is 5.97 Å². The summed E-state index contributed by atoms with van der Waals surface area (Å²) in [6.45, 7) is 2.26. The molecular weight excluding hydrogens is 220 g/mol. The fourth-order valence-electron chi connectivity index (χ4n) is 1.50. The number of rotatable bonds is 4. The van der Waals surface area contributed by atoms with Crippen molar-refractivity contribution in [2.24, 2.45) is 0 Å². The minimum Gasteiger partial charge on any atom is -0.478 e. The summed E-state index contributed by atoms with van der Waals surface area (Å²) in [4.78, 5) is 11.1. The standard InChI is InChI=1S/C12H12N2O3/c1-8-2-3-11(10(6-8)12(15)16)13-7-9-4-5-14-17-9/h2-6,13H,7H2,1H3,(H,15,16). The minimum absolute atomic E-state index is 0.254. The van der Waals surface area contributed by atoms with Gasteiger partial charge in [-0.3, -0.25) is 0 Å². The predicted molar refractivity (Wildman–Crippen MR) is 62.0 cm³/mol. The Labute approximate surface area is 98.1 Å². The first-order valence-electron chi connectivity index (χ1n) is 5.14. The van der Waals surface area contributed by atoms with E-state index in [1.165, 1.54) is 0 Å². The minimum atomic E-state index is -0.950. The highest BCUT2D eigenvalue weighted by Crippen LogP contribution is 2.18. The molecule has 0 spiro atoms. The fraction of sp³-hybridized carbons (Fsp3) is 0.167. The van der Waals surface area contributed by atoms with Gasteiger partial charge in [0, 0.05) is 11.8 Å². The molecule has 17 heavy (non-hydrogen) atoms. The third-order valence-corrected chi connectivity index (χ3v) is 2.35. The number of aromatic nitrogens is 1. The first-order valence-corrected chi connectivity index (χ1v) is 5.14. The largest absolute Gasteiger partial charge is 0.478 e. The maximum absolute atomic E-state index is 11.1. The topological polar surface area (TPSA) is 75.4 Å². The van der Waals surface area contributed by atoms with Crippen LogP contribution >= 0.6 is 0 Å². The summed E-state index contributed by atoms with van der Waals surface area (Å²) in [6, 6.07) is 6.96. The predicted octanol–water partition coefficient (Wildman–Crippen LogP) is 2.29. The monoisotopic (exact) mass is 232 g/mol. The van der Waals surface area contributed by atoms with Crippen LogP contribution in [0.15, 0.2) is 35.0 Å². The normalized spacial score (nSPS) is 10.2. The molecule has 2 aromatic rings. The second-order valence-corrected chi connectivity index (χ2v) is 3.69. The van der Waals surface area contributed by atoms with Gasteiger partial charge in [-0.1, -0.05) is 16.8 Å². The summed E-state index contributed by atoms with van der Waals surface area (Å²) >= 11 is 0. The number of benzene rings is 1. The fourth-order valence-corrected chi connectivity index (χ4v) is 1.50. The van der Waals surface area contributed by atoms with Crippen LogP contribution in [0, 0.1) is 6.92 Å². The maximum atomic E-state index is 11.1. The summed E-state index contributed by atoms with van der Waals surface area (Å²) in [5.41, 5.74) is 1.73. The lowest BCUT2D eigenvalue weighted by molar-refractivity contribution is 0.0698. The van der Waals surface area contributed by atoms with Crippen molar-refractivity contribution >= 4 is 11.7 Å². The first kappa shape index (κ1) is 11.2. The van der Waals surface area contributed by atoms with Gasteiger partial charge in [0.05, 0.1) is 18.3 Å². The van der Waals surface area contributed by atoms with Crippen molar-refractivity contribution in [2.75, 3.05) is 5.32 Å². The number of carboxylic acids is 1. The number of hydrogen-bond acceptors (Lipinski definition) is 4. The molecular formula is C12H12N2O3. The second-order valence-electron chi connectivity index (χ2n) is 3.69. The van der Waals surface area contributed by atoms with Gasteiger partial charge in [0.1, 0.15) is 0 Å². The van der Waals surface area contributed by atoms with E-state index >= 15 is 0 Å². The molecule has 0 aliphatic rings. The number of aryl methyl sites for hydroxylation is 1. The molecule has 1 aromatic heterocycles. The molecule has 88 valence electrons. The molecule has 5 nitrogen and oxygen atoms in total. The van der Waals surface area contributed by atoms with Crippen LogP contribution in [0.5, 0.6) is 0 Å². The average molecular weight is 232 g/mol. The number of nitrogens with one attached hydrogen (secondary N) is 1. The maximum Gasteiger partial charge on any atom is 0.337 e. The Morgan fingerprint density at radius 1 is 1.47 bits per heavy atom. The van der Waals surface area contributed by atoms with E-state index in [4.69, 9.17) is 9.63 Å². The van der Waals surface area contributed by atoms with Crippen LogP contribution in [0.25, 0.3) is 0 Å². The van der Waals surface area contributed by atoms with Gasteiger partial charge in [0.2, 0.25) is 0 Å². The van der Waals surface area contributed by atoms with Gasteiger partial charge < -0.3 is 14.9 Å². The highest BCUT2D eigenvalue weighted by Gasteiger charge is 2.10. The number of carboxylic acid groups (broad SMARTS) is 1. The Morgan fingerprint density at radius 2 is 2.29 bits per heavy atom. The molecule has 0 bridgehead atoms. The molecule has 0 saturated heterocycles. The number of aromatic carboxylic acids is 1. The zero-order chi connectivity index (χ0) is 12.3. The smallest absolute Gasteiger partial charge is 0.337 e. The van der Waals surface area contributed by atoms with Crippen molar-refractivity contribution in [1.29, 1.82) is 0 Å². The SMILES string of the molecule is Cc1ccc(NCc2ccno2)c(C(=O)O)c1. The summed E-state index contributed by atoms with van der Waals surface area (Å²) in [5.74, 6) is -0.296. The van der Waals surface area contributed by atoms with Crippen LogP contribution in [0.3, 0.4) is 0 Å². The van der Waals surface area contributed by atoms with Gasteiger partial charge in [-0.15, -0.1) is 0 Å². The average Bonchev–Trinajstić information content (AvgIpc) is 2.80. The second kappa shape index (κ2) is 4.69. The summed E-state index contributed by atoms with van der Waals surface area (Å²) in [6.07, 6.45) is 1.55. The summed E-state index contributed by atoms with van der Waals surface area (Å²) in [5, 5.41) is 15.7. The molecule has 0 atom stereocenters. The summed E-state index contributed by atoms with van der Waals surface area (Å²) < 4.78 is 4.92. The van der Waals surface area contributed by atoms with Gasteiger partial charge in [-0.2, -0.15) is 0 Å². The highest BCUT2D eigenvalue weighted by molar-refractivity contribution is 5.94. The van der Waals surface area contributed by atoms with Crippen molar-refractivity contribution in [3.63, 3.8) is 0 Å². The molecule has 2 rings (SSSR count). The third-order valence-electron chi connectivity index (χ3n) is 2.35. The van der Waals surface area contributed by atoms with Crippen LogP contribution in [0.2, 0.25) is 0 Å².